The summed E-state index contributed by atoms with van der Waals surface area (Å²) in [6.45, 7) is 24.3. The van der Waals surface area contributed by atoms with Gasteiger partial charge >= 0.3 is 52.4 Å². The molecular weight excluding hydrogens is 797 g/mol. The molecule has 0 spiro atoms. The van der Waals surface area contributed by atoms with Crippen LogP contribution in [0.4, 0.5) is 0 Å². The van der Waals surface area contributed by atoms with Crippen LogP contribution >= 0.6 is 0 Å². The summed E-state index contributed by atoms with van der Waals surface area (Å²) < 4.78 is 53.5. The van der Waals surface area contributed by atoms with Crippen molar-refractivity contribution >= 4 is 110 Å². The Morgan fingerprint density at radius 3 is 1.52 bits per heavy atom. The smallest absolute Gasteiger partial charge is 0.341 e. The van der Waals surface area contributed by atoms with Gasteiger partial charge in [-0.1, -0.05) is 107 Å². The normalized spacial score (nSPS) is 14.4. The minimum Gasteiger partial charge on any atom is -0.540 e. The average Bonchev–Trinajstić information content (AvgIpc) is 3.09. The highest BCUT2D eigenvalue weighted by molar-refractivity contribution is 6.43. The zero-order valence-corrected chi connectivity index (χ0v) is 40.9. The molecule has 0 aromatic heterocycles. The Balaban J connectivity index is 4.45. The molecule has 1 unspecified atom stereocenters. The Hall–Kier alpha value is -0.0312. The molecule has 0 aliphatic rings. The third kappa shape index (κ3) is 8.15. The third-order valence-corrected chi connectivity index (χ3v) is 15.1. The third-order valence-electron chi connectivity index (χ3n) is 11.9. The monoisotopic (exact) mass is 841 g/mol. The van der Waals surface area contributed by atoms with E-state index in [-0.39, 0.29) is 40.2 Å². The van der Waals surface area contributed by atoms with E-state index in [2.05, 4.69) is 157 Å². The van der Waals surface area contributed by atoms with E-state index in [0.29, 0.717) is 32.3 Å². The molecule has 0 aliphatic carbocycles. The molecule has 1 rings (SSSR count). The van der Waals surface area contributed by atoms with Crippen molar-refractivity contribution in [1.29, 1.82) is 0 Å². The molecule has 0 amide bonds. The molecule has 19 heteroatoms. The lowest BCUT2D eigenvalue weighted by Gasteiger charge is -2.66. The maximum absolute atomic E-state index is 6.32. The van der Waals surface area contributed by atoms with E-state index in [1.165, 1.54) is 0 Å². The second-order valence-corrected chi connectivity index (χ2v) is 17.6. The lowest BCUT2D eigenvalue weighted by atomic mass is 9.43. The summed E-state index contributed by atoms with van der Waals surface area (Å²) >= 11 is 0. The summed E-state index contributed by atoms with van der Waals surface area (Å²) in [6, 6.07) is 0.853. The molecular formula is C31H45O9Si10. The Labute approximate surface area is 334 Å². The van der Waals surface area contributed by atoms with Crippen molar-refractivity contribution in [2.24, 2.45) is 27.6 Å². The van der Waals surface area contributed by atoms with Crippen molar-refractivity contribution in [2.45, 2.75) is 119 Å². The van der Waals surface area contributed by atoms with Gasteiger partial charge in [-0.2, -0.15) is 0 Å². The fourth-order valence-corrected chi connectivity index (χ4v) is 10.1. The molecule has 0 aliphatic heterocycles. The zero-order chi connectivity index (χ0) is 38.9. The average molecular weight is 843 g/mol. The van der Waals surface area contributed by atoms with Gasteiger partial charge in [0.2, 0.25) is 11.6 Å². The first kappa shape index (κ1) is 48.0. The molecule has 9 nitrogen and oxygen atoms in total. The van der Waals surface area contributed by atoms with Crippen LogP contribution in [0, 0.1) is 27.6 Å². The minimum atomic E-state index is -1.90. The quantitative estimate of drug-likeness (QED) is 0.0909. The van der Waals surface area contributed by atoms with Crippen molar-refractivity contribution in [1.82, 2.24) is 0 Å². The fraction of sp³-hybridized carbons (Fsp3) is 0.742. The van der Waals surface area contributed by atoms with Crippen LogP contribution in [0.5, 0.6) is 23.0 Å². The van der Waals surface area contributed by atoms with Gasteiger partial charge < -0.3 is 39.8 Å². The zero-order valence-electron chi connectivity index (χ0n) is 30.9. The summed E-state index contributed by atoms with van der Waals surface area (Å²) in [6.07, 6.45) is 3.19. The van der Waals surface area contributed by atoms with Gasteiger partial charge in [0.15, 0.2) is 23.0 Å². The first-order valence-electron chi connectivity index (χ1n) is 16.0. The first-order chi connectivity index (χ1) is 23.3. The summed E-state index contributed by atoms with van der Waals surface area (Å²) in [5.41, 5.74) is 0.603. The Morgan fingerprint density at radius 2 is 1.14 bits per heavy atom. The minimum absolute atomic E-state index is 0.0782. The molecule has 29 radical (unpaired) electrons. The molecule has 0 heterocycles. The lowest BCUT2D eigenvalue weighted by molar-refractivity contribution is -0.372. The number of hydrogen-bond donors (Lipinski definition) is 0. The van der Waals surface area contributed by atoms with Crippen LogP contribution in [0.1, 0.15) is 107 Å². The second kappa shape index (κ2) is 19.5. The Morgan fingerprint density at radius 1 is 0.660 bits per heavy atom. The van der Waals surface area contributed by atoms with Crippen LogP contribution in [-0.4, -0.2) is 115 Å². The molecule has 1 aromatic rings. The molecule has 1 atom stereocenters. The maximum atomic E-state index is 6.32. The van der Waals surface area contributed by atoms with Crippen molar-refractivity contribution in [3.8, 4) is 23.0 Å². The van der Waals surface area contributed by atoms with E-state index in [1.54, 1.807) is 0 Å². The lowest BCUT2D eigenvalue weighted by Crippen LogP contribution is -2.73. The van der Waals surface area contributed by atoms with E-state index in [9.17, 15) is 0 Å². The van der Waals surface area contributed by atoms with Gasteiger partial charge in [-0.3, -0.25) is 0 Å². The molecule has 263 valence electrons. The molecule has 0 N–H and O–H groups in total. The van der Waals surface area contributed by atoms with Crippen LogP contribution in [0.25, 0.3) is 5.76 Å². The van der Waals surface area contributed by atoms with E-state index in [1.807, 2.05) is 19.5 Å². The predicted molar refractivity (Wildman–Crippen MR) is 203 cm³/mol. The molecule has 1 aromatic carbocycles. The summed E-state index contributed by atoms with van der Waals surface area (Å²) in [5, 5.41) is 0. The van der Waals surface area contributed by atoms with Gasteiger partial charge in [0.25, 0.3) is 41.9 Å². The van der Waals surface area contributed by atoms with Crippen molar-refractivity contribution in [3.63, 3.8) is 0 Å². The summed E-state index contributed by atoms with van der Waals surface area (Å²) in [5.74, 6) is -2.49. The maximum Gasteiger partial charge on any atom is 0.341 e. The standard InChI is InChI=1S/C31H45O9Si10/c1-12-14-15-18(3)26(4,5)27(6,7)28(8,9)29(10,11)31(39-48,40-49)30(37-46,38-47)16-19-21(20(32-41)17-50-13-2)23(34-43)25(36-45)24(35-44)22(19)33-42/h17-18H,12-16H2,1-11H3/b20-17+. The Kier molecular flexibility index (Phi) is 18.7. The summed E-state index contributed by atoms with van der Waals surface area (Å²) in [4.78, 5) is 0. The van der Waals surface area contributed by atoms with Gasteiger partial charge in [-0.25, -0.2) is 0 Å². The number of rotatable bonds is 23. The van der Waals surface area contributed by atoms with Crippen molar-refractivity contribution in [3.05, 3.63) is 16.8 Å². The van der Waals surface area contributed by atoms with E-state index in [0.717, 1.165) is 25.3 Å². The Bertz CT molecular complexity index is 1270. The highest BCUT2D eigenvalue weighted by atomic mass is 28.2. The van der Waals surface area contributed by atoms with Gasteiger partial charge in [-0.15, -0.1) is 0 Å². The SMILES string of the molecule is CCCCC(C)C(C)(C)C(C)(C)C(C)(C)C(C)(C)C(O[Si])(O[Si])C(Cc1c(O[Si])c(O[Si])c(O[Si])c(O[Si])c1/C(=C\[Si]CC)O[Si])(O[Si])O[Si]. The topological polar surface area (TPSA) is 83.1 Å². The van der Waals surface area contributed by atoms with Crippen LogP contribution in [0.3, 0.4) is 0 Å². The largest absolute Gasteiger partial charge is 0.540 e. The number of benzene rings is 1. The second-order valence-electron chi connectivity index (χ2n) is 14.3. The van der Waals surface area contributed by atoms with Crippen LogP contribution in [0.15, 0.2) is 5.70 Å². The van der Waals surface area contributed by atoms with Crippen molar-refractivity contribution in [2.75, 3.05) is 0 Å². The van der Waals surface area contributed by atoms with Gasteiger partial charge in [0.1, 0.15) is 5.76 Å². The molecule has 0 saturated heterocycles. The van der Waals surface area contributed by atoms with Crippen LogP contribution in [-0.2, 0) is 28.6 Å². The highest BCUT2D eigenvalue weighted by Gasteiger charge is 2.70. The first-order valence-corrected chi connectivity index (χ1v) is 21.0. The molecule has 0 fully saturated rings. The fourth-order valence-electron chi connectivity index (χ4n) is 6.84. The van der Waals surface area contributed by atoms with E-state index >= 15 is 0 Å². The van der Waals surface area contributed by atoms with E-state index in [4.69, 9.17) is 39.8 Å². The number of unbranched alkanes of at least 4 members (excludes halogenated alkanes) is 1. The van der Waals surface area contributed by atoms with Crippen LogP contribution in [0.2, 0.25) is 6.04 Å². The van der Waals surface area contributed by atoms with Gasteiger partial charge in [-0.05, 0) is 22.2 Å². The molecule has 50 heavy (non-hydrogen) atoms. The van der Waals surface area contributed by atoms with E-state index < -0.39 is 22.4 Å². The highest BCUT2D eigenvalue weighted by Crippen LogP contribution is 2.67. The van der Waals surface area contributed by atoms with Crippen LogP contribution < -0.4 is 17.7 Å². The number of hydrogen-bond acceptors (Lipinski definition) is 9. The van der Waals surface area contributed by atoms with Crippen molar-refractivity contribution < 1.29 is 39.8 Å². The summed E-state index contributed by atoms with van der Waals surface area (Å²) in [7, 11) is 29.9. The van der Waals surface area contributed by atoms with Gasteiger partial charge in [0, 0.05) is 17.4 Å². The molecule has 0 bridgehead atoms. The van der Waals surface area contributed by atoms with Gasteiger partial charge in [0.05, 0.1) is 15.1 Å². The molecule has 0 saturated carbocycles. The predicted octanol–water partition coefficient (Wildman–Crippen LogP) is 4.34.